The molecule has 0 saturated carbocycles. The average molecular weight is 391 g/mol. The van der Waals surface area contributed by atoms with E-state index in [2.05, 4.69) is 12.2 Å². The van der Waals surface area contributed by atoms with E-state index in [0.717, 1.165) is 23.2 Å². The molecule has 1 N–H and O–H groups in total. The maximum absolute atomic E-state index is 12.6. The minimum Gasteiger partial charge on any atom is -0.324 e. The lowest BCUT2D eigenvalue weighted by Crippen LogP contribution is -2.29. The van der Waals surface area contributed by atoms with Crippen LogP contribution < -0.4 is 10.2 Å². The van der Waals surface area contributed by atoms with Gasteiger partial charge in [-0.3, -0.25) is 9.59 Å². The molecule has 2 aromatic carbocycles. The molecule has 2 aromatic rings. The third-order valence-corrected chi connectivity index (χ3v) is 5.22. The van der Waals surface area contributed by atoms with Crippen molar-refractivity contribution in [3.63, 3.8) is 0 Å². The Morgan fingerprint density at radius 3 is 2.77 bits per heavy atom. The topological polar surface area (TPSA) is 49.4 Å². The molecule has 6 heteroatoms. The Labute approximate surface area is 163 Å². The van der Waals surface area contributed by atoms with Crippen LogP contribution in [0.4, 0.5) is 11.4 Å². The molecule has 0 aromatic heterocycles. The van der Waals surface area contributed by atoms with Crippen LogP contribution in [0.3, 0.4) is 0 Å². The number of hydrogen-bond acceptors (Lipinski definition) is 2. The van der Waals surface area contributed by atoms with Crippen molar-refractivity contribution >= 4 is 46.4 Å². The molecule has 0 radical (unpaired) electrons. The predicted octanol–water partition coefficient (Wildman–Crippen LogP) is 4.86. The molecule has 1 aliphatic heterocycles. The normalized spacial score (nSPS) is 16.8. The summed E-state index contributed by atoms with van der Waals surface area (Å²) in [5, 5.41) is 3.69. The van der Waals surface area contributed by atoms with Gasteiger partial charge >= 0.3 is 0 Å². The maximum atomic E-state index is 12.6. The van der Waals surface area contributed by atoms with Crippen molar-refractivity contribution in [2.24, 2.45) is 5.92 Å². The summed E-state index contributed by atoms with van der Waals surface area (Å²) in [5.41, 5.74) is 3.53. The lowest BCUT2D eigenvalue weighted by molar-refractivity contribution is -0.122. The fourth-order valence-corrected chi connectivity index (χ4v) is 3.66. The predicted molar refractivity (Wildman–Crippen MR) is 106 cm³/mol. The third kappa shape index (κ3) is 3.71. The highest BCUT2D eigenvalue weighted by Gasteiger charge is 2.36. The van der Waals surface area contributed by atoms with E-state index in [4.69, 9.17) is 23.2 Å². The van der Waals surface area contributed by atoms with E-state index in [0.29, 0.717) is 22.3 Å². The lowest BCUT2D eigenvalue weighted by Gasteiger charge is -2.22. The van der Waals surface area contributed by atoms with Crippen LogP contribution >= 0.6 is 23.2 Å². The molecular weight excluding hydrogens is 371 g/mol. The van der Waals surface area contributed by atoms with Crippen molar-refractivity contribution in [1.82, 2.24) is 0 Å². The largest absolute Gasteiger partial charge is 0.324 e. The summed E-state index contributed by atoms with van der Waals surface area (Å²) in [4.78, 5) is 27.0. The van der Waals surface area contributed by atoms with Crippen LogP contribution in [-0.4, -0.2) is 18.4 Å². The Morgan fingerprint density at radius 1 is 1.27 bits per heavy atom. The van der Waals surface area contributed by atoms with Gasteiger partial charge in [0.05, 0.1) is 16.6 Å². The second-order valence-electron chi connectivity index (χ2n) is 6.46. The van der Waals surface area contributed by atoms with Crippen molar-refractivity contribution in [3.8, 4) is 0 Å². The zero-order valence-electron chi connectivity index (χ0n) is 14.7. The van der Waals surface area contributed by atoms with Gasteiger partial charge in [-0.15, -0.1) is 0 Å². The number of para-hydroxylation sites is 1. The third-order valence-electron chi connectivity index (χ3n) is 4.65. The van der Waals surface area contributed by atoms with Crippen LogP contribution in [0, 0.1) is 12.8 Å². The van der Waals surface area contributed by atoms with Gasteiger partial charge in [-0.05, 0) is 42.7 Å². The summed E-state index contributed by atoms with van der Waals surface area (Å²) >= 11 is 12.1. The summed E-state index contributed by atoms with van der Waals surface area (Å²) in [6.45, 7) is 4.41. The van der Waals surface area contributed by atoms with E-state index in [1.807, 2.05) is 25.1 Å². The number of aryl methyl sites for hydroxylation is 2. The molecule has 1 heterocycles. The van der Waals surface area contributed by atoms with Crippen molar-refractivity contribution in [2.75, 3.05) is 16.8 Å². The molecule has 1 atom stereocenters. The number of halogens is 2. The molecule has 4 nitrogen and oxygen atoms in total. The molecule has 136 valence electrons. The Morgan fingerprint density at radius 2 is 2.04 bits per heavy atom. The van der Waals surface area contributed by atoms with Crippen LogP contribution in [-0.2, 0) is 16.0 Å². The first-order valence-corrected chi connectivity index (χ1v) is 9.31. The Balaban J connectivity index is 1.80. The standard InChI is InChI=1S/C20H20Cl2N2O2/c1-3-13-6-4-5-12(2)19(13)24-11-14(9-18(24)25)20(26)23-17-10-15(21)7-8-16(17)22/h4-8,10,14H,3,9,11H2,1-2H3,(H,23,26). The number of rotatable bonds is 4. The minimum atomic E-state index is -0.429. The number of benzene rings is 2. The fourth-order valence-electron chi connectivity index (χ4n) is 3.32. The van der Waals surface area contributed by atoms with Gasteiger partial charge in [0.2, 0.25) is 11.8 Å². The highest BCUT2D eigenvalue weighted by Crippen LogP contribution is 2.33. The van der Waals surface area contributed by atoms with Gasteiger partial charge in [0.1, 0.15) is 0 Å². The second-order valence-corrected chi connectivity index (χ2v) is 7.30. The van der Waals surface area contributed by atoms with Gasteiger partial charge in [0.15, 0.2) is 0 Å². The molecule has 0 spiro atoms. The lowest BCUT2D eigenvalue weighted by atomic mass is 10.0. The van der Waals surface area contributed by atoms with Crippen LogP contribution in [0.1, 0.15) is 24.5 Å². The van der Waals surface area contributed by atoms with Gasteiger partial charge in [-0.1, -0.05) is 48.3 Å². The fraction of sp³-hybridized carbons (Fsp3) is 0.300. The number of nitrogens with one attached hydrogen (secondary N) is 1. The van der Waals surface area contributed by atoms with E-state index >= 15 is 0 Å². The summed E-state index contributed by atoms with van der Waals surface area (Å²) in [5.74, 6) is -0.690. The molecule has 0 bridgehead atoms. The first-order valence-electron chi connectivity index (χ1n) is 8.55. The van der Waals surface area contributed by atoms with Crippen molar-refractivity contribution < 1.29 is 9.59 Å². The zero-order chi connectivity index (χ0) is 18.8. The molecule has 26 heavy (non-hydrogen) atoms. The summed E-state index contributed by atoms with van der Waals surface area (Å²) in [7, 11) is 0. The maximum Gasteiger partial charge on any atom is 0.229 e. The molecule has 3 rings (SSSR count). The molecule has 2 amide bonds. The van der Waals surface area contributed by atoms with E-state index in [1.54, 1.807) is 23.1 Å². The highest BCUT2D eigenvalue weighted by atomic mass is 35.5. The Hall–Kier alpha value is -2.04. The van der Waals surface area contributed by atoms with Crippen LogP contribution in [0.15, 0.2) is 36.4 Å². The van der Waals surface area contributed by atoms with Crippen molar-refractivity contribution in [1.29, 1.82) is 0 Å². The monoisotopic (exact) mass is 390 g/mol. The zero-order valence-corrected chi connectivity index (χ0v) is 16.2. The van der Waals surface area contributed by atoms with Gasteiger partial charge < -0.3 is 10.2 Å². The first-order chi connectivity index (χ1) is 12.4. The number of nitrogens with zero attached hydrogens (tertiary/aromatic N) is 1. The molecule has 1 aliphatic rings. The van der Waals surface area contributed by atoms with Gasteiger partial charge in [0.25, 0.3) is 0 Å². The van der Waals surface area contributed by atoms with Gasteiger partial charge in [-0.25, -0.2) is 0 Å². The number of hydrogen-bond donors (Lipinski definition) is 1. The highest BCUT2D eigenvalue weighted by molar-refractivity contribution is 6.35. The number of carbonyl (C=O) groups is 2. The molecular formula is C20H20Cl2N2O2. The van der Waals surface area contributed by atoms with E-state index in [9.17, 15) is 9.59 Å². The van der Waals surface area contributed by atoms with Gasteiger partial charge in [0, 0.05) is 23.7 Å². The van der Waals surface area contributed by atoms with Gasteiger partial charge in [-0.2, -0.15) is 0 Å². The smallest absolute Gasteiger partial charge is 0.229 e. The molecule has 0 aliphatic carbocycles. The summed E-state index contributed by atoms with van der Waals surface area (Å²) < 4.78 is 0. The van der Waals surface area contributed by atoms with E-state index in [1.165, 1.54) is 0 Å². The number of anilines is 2. The van der Waals surface area contributed by atoms with Crippen molar-refractivity contribution in [3.05, 3.63) is 57.6 Å². The van der Waals surface area contributed by atoms with Crippen LogP contribution in [0.5, 0.6) is 0 Å². The van der Waals surface area contributed by atoms with Crippen LogP contribution in [0.25, 0.3) is 0 Å². The summed E-state index contributed by atoms with van der Waals surface area (Å²) in [6.07, 6.45) is 1.01. The van der Waals surface area contributed by atoms with E-state index < -0.39 is 5.92 Å². The van der Waals surface area contributed by atoms with Crippen LogP contribution in [0.2, 0.25) is 10.0 Å². The number of carbonyl (C=O) groups excluding carboxylic acids is 2. The first kappa shape index (κ1) is 18.7. The molecule has 1 saturated heterocycles. The molecule has 1 fully saturated rings. The van der Waals surface area contributed by atoms with E-state index in [-0.39, 0.29) is 18.2 Å². The Kier molecular flexibility index (Phi) is 5.54. The quantitative estimate of drug-likeness (QED) is 0.810. The number of amides is 2. The SMILES string of the molecule is CCc1cccc(C)c1N1CC(C(=O)Nc2cc(Cl)ccc2Cl)CC1=O. The molecule has 1 unspecified atom stereocenters. The van der Waals surface area contributed by atoms with Crippen molar-refractivity contribution in [2.45, 2.75) is 26.7 Å². The Bertz CT molecular complexity index is 867. The second kappa shape index (κ2) is 7.68. The minimum absolute atomic E-state index is 0.0358. The average Bonchev–Trinajstić information content (AvgIpc) is 2.99. The summed E-state index contributed by atoms with van der Waals surface area (Å²) in [6, 6.07) is 10.9.